The molecule has 8 atom stereocenters. The van der Waals surface area contributed by atoms with Gasteiger partial charge in [-0.15, -0.1) is 0 Å². The zero-order chi connectivity index (χ0) is 22.9. The molecule has 8 aliphatic rings. The first-order valence-corrected chi connectivity index (χ1v) is 14.0. The Morgan fingerprint density at radius 3 is 1.26 bits per heavy atom. The summed E-state index contributed by atoms with van der Waals surface area (Å²) in [4.78, 5) is 0. The van der Waals surface area contributed by atoms with Gasteiger partial charge in [0.1, 0.15) is 0 Å². The van der Waals surface area contributed by atoms with Crippen LogP contribution >= 0.6 is 0 Å². The van der Waals surface area contributed by atoms with Crippen molar-refractivity contribution in [3.63, 3.8) is 0 Å². The summed E-state index contributed by atoms with van der Waals surface area (Å²) in [6.45, 7) is 0. The number of hydrogen-bond acceptors (Lipinski definition) is 2. The minimum Gasteiger partial charge on any atom is -0.325 e. The van der Waals surface area contributed by atoms with Crippen molar-refractivity contribution >= 4 is 0 Å². The monoisotopic (exact) mass is 452 g/mol. The van der Waals surface area contributed by atoms with E-state index in [2.05, 4.69) is 60.7 Å². The van der Waals surface area contributed by atoms with Crippen molar-refractivity contribution in [2.45, 2.75) is 99.0 Å². The van der Waals surface area contributed by atoms with Gasteiger partial charge < -0.3 is 11.5 Å². The standard InChI is InChI=1S/C32H40N2/c33-31-15-23-11-27(19-31,25-7-3-1-4-8-25)17-29(13-23,21-31)30-14-24-12-28(18-30,20-32(34,16-24)22-30)26-9-5-2-6-10-26/h1-10,23-24H,11-22,33-34H2. The third kappa shape index (κ3) is 2.55. The quantitative estimate of drug-likeness (QED) is 0.580. The first-order chi connectivity index (χ1) is 16.3. The summed E-state index contributed by atoms with van der Waals surface area (Å²) in [5.41, 5.74) is 19.2. The summed E-state index contributed by atoms with van der Waals surface area (Å²) in [6, 6.07) is 23.1. The number of hydrogen-bond donors (Lipinski definition) is 2. The number of benzene rings is 2. The third-order valence-corrected chi connectivity index (χ3v) is 12.1. The Bertz CT molecular complexity index is 1050. The smallest absolute Gasteiger partial charge is 0.0171 e. The molecule has 2 aromatic carbocycles. The van der Waals surface area contributed by atoms with Crippen LogP contribution in [0.3, 0.4) is 0 Å². The van der Waals surface area contributed by atoms with Crippen LogP contribution in [0, 0.1) is 22.7 Å². The van der Waals surface area contributed by atoms with E-state index in [1.54, 1.807) is 11.1 Å². The highest BCUT2D eigenvalue weighted by Crippen LogP contribution is 2.79. The van der Waals surface area contributed by atoms with Gasteiger partial charge in [0.05, 0.1) is 0 Å². The molecule has 8 aliphatic carbocycles. The molecular formula is C32H40N2. The predicted molar refractivity (Wildman–Crippen MR) is 137 cm³/mol. The molecule has 0 radical (unpaired) electrons. The van der Waals surface area contributed by atoms with Crippen LogP contribution in [0.4, 0.5) is 0 Å². The van der Waals surface area contributed by atoms with E-state index in [-0.39, 0.29) is 21.9 Å². The van der Waals surface area contributed by atoms with Crippen molar-refractivity contribution in [3.8, 4) is 0 Å². The summed E-state index contributed by atoms with van der Waals surface area (Å²) in [5.74, 6) is 1.58. The molecule has 2 heteroatoms. The van der Waals surface area contributed by atoms with E-state index in [1.807, 2.05) is 0 Å². The molecule has 0 amide bonds. The molecule has 0 heterocycles. The van der Waals surface area contributed by atoms with E-state index in [0.29, 0.717) is 10.8 Å². The second-order valence-electron chi connectivity index (χ2n) is 14.6. The van der Waals surface area contributed by atoms with Gasteiger partial charge in [-0.05, 0) is 122 Å². The molecule has 0 aromatic heterocycles. The third-order valence-electron chi connectivity index (χ3n) is 12.1. The van der Waals surface area contributed by atoms with E-state index in [0.717, 1.165) is 11.8 Å². The topological polar surface area (TPSA) is 52.0 Å². The van der Waals surface area contributed by atoms with Crippen LogP contribution in [0.2, 0.25) is 0 Å². The Morgan fingerprint density at radius 2 is 0.882 bits per heavy atom. The second kappa shape index (κ2) is 6.19. The Balaban J connectivity index is 1.29. The average molecular weight is 453 g/mol. The molecule has 8 saturated carbocycles. The number of nitrogens with two attached hydrogens (primary N) is 2. The first kappa shape index (κ1) is 20.5. The van der Waals surface area contributed by atoms with Crippen LogP contribution in [0.1, 0.15) is 88.2 Å². The molecule has 34 heavy (non-hydrogen) atoms. The van der Waals surface area contributed by atoms with Crippen LogP contribution < -0.4 is 11.5 Å². The summed E-state index contributed by atoms with van der Waals surface area (Å²) < 4.78 is 0. The largest absolute Gasteiger partial charge is 0.325 e. The van der Waals surface area contributed by atoms with E-state index in [1.165, 1.54) is 77.0 Å². The fourth-order valence-electron chi connectivity index (χ4n) is 12.4. The molecule has 0 aliphatic heterocycles. The lowest BCUT2D eigenvalue weighted by Crippen LogP contribution is -2.74. The molecule has 8 unspecified atom stereocenters. The lowest BCUT2D eigenvalue weighted by molar-refractivity contribution is -0.220. The SMILES string of the molecule is NC12CC3CC(c4ccccc4)(C1)CC(C14CC5CC(N)(CC(c6ccccc6)(C5)C1)C4)(C3)C2. The van der Waals surface area contributed by atoms with Gasteiger partial charge in [-0.1, -0.05) is 60.7 Å². The zero-order valence-electron chi connectivity index (χ0n) is 20.6. The minimum absolute atomic E-state index is 0.0141. The maximum absolute atomic E-state index is 7.39. The predicted octanol–water partition coefficient (Wildman–Crippen LogP) is 6.23. The molecular weight excluding hydrogens is 412 g/mol. The van der Waals surface area contributed by atoms with Gasteiger partial charge >= 0.3 is 0 Å². The van der Waals surface area contributed by atoms with Gasteiger partial charge in [0.15, 0.2) is 0 Å². The first-order valence-electron chi connectivity index (χ1n) is 14.0. The summed E-state index contributed by atoms with van der Waals surface area (Å²) in [7, 11) is 0. The van der Waals surface area contributed by atoms with Gasteiger partial charge in [-0.2, -0.15) is 0 Å². The summed E-state index contributed by atoms with van der Waals surface area (Å²) in [5, 5.41) is 0. The minimum atomic E-state index is 0.0141. The van der Waals surface area contributed by atoms with Crippen molar-refractivity contribution < 1.29 is 0 Å². The fourth-order valence-corrected chi connectivity index (χ4v) is 12.4. The van der Waals surface area contributed by atoms with Crippen LogP contribution in [-0.4, -0.2) is 11.1 Å². The average Bonchev–Trinajstić information content (AvgIpc) is 2.77. The maximum Gasteiger partial charge on any atom is 0.0171 e. The highest BCUT2D eigenvalue weighted by molar-refractivity contribution is 5.38. The van der Waals surface area contributed by atoms with E-state index < -0.39 is 0 Å². The van der Waals surface area contributed by atoms with E-state index in [4.69, 9.17) is 11.5 Å². The van der Waals surface area contributed by atoms with Gasteiger partial charge in [0.2, 0.25) is 0 Å². The molecule has 8 bridgehead atoms. The molecule has 4 N–H and O–H groups in total. The molecule has 2 aromatic rings. The molecule has 2 nitrogen and oxygen atoms in total. The van der Waals surface area contributed by atoms with E-state index in [9.17, 15) is 0 Å². The van der Waals surface area contributed by atoms with E-state index >= 15 is 0 Å². The Morgan fingerprint density at radius 1 is 0.471 bits per heavy atom. The maximum atomic E-state index is 7.39. The Labute approximate surface area is 204 Å². The molecule has 0 spiro atoms. The van der Waals surface area contributed by atoms with Crippen molar-refractivity contribution in [2.75, 3.05) is 0 Å². The van der Waals surface area contributed by atoms with Crippen molar-refractivity contribution in [3.05, 3.63) is 71.8 Å². The van der Waals surface area contributed by atoms with Crippen LogP contribution in [-0.2, 0) is 10.8 Å². The van der Waals surface area contributed by atoms with Crippen molar-refractivity contribution in [2.24, 2.45) is 34.1 Å². The van der Waals surface area contributed by atoms with Gasteiger partial charge in [0, 0.05) is 11.1 Å². The second-order valence-corrected chi connectivity index (χ2v) is 14.6. The summed E-state index contributed by atoms with van der Waals surface area (Å²) >= 11 is 0. The normalized spacial score (nSPS) is 52.3. The highest BCUT2D eigenvalue weighted by Gasteiger charge is 2.73. The lowest BCUT2D eigenvalue weighted by Gasteiger charge is -2.77. The lowest BCUT2D eigenvalue weighted by atomic mass is 9.29. The molecule has 8 fully saturated rings. The highest BCUT2D eigenvalue weighted by atomic mass is 14.9. The fraction of sp³-hybridized carbons (Fsp3) is 0.625. The molecule has 178 valence electrons. The molecule has 0 saturated heterocycles. The van der Waals surface area contributed by atoms with Crippen LogP contribution in [0.15, 0.2) is 60.7 Å². The Kier molecular flexibility index (Phi) is 3.74. The van der Waals surface area contributed by atoms with Crippen molar-refractivity contribution in [1.29, 1.82) is 0 Å². The summed E-state index contributed by atoms with van der Waals surface area (Å²) in [6.07, 6.45) is 15.6. The van der Waals surface area contributed by atoms with Gasteiger partial charge in [0.25, 0.3) is 0 Å². The van der Waals surface area contributed by atoms with Crippen molar-refractivity contribution in [1.82, 2.24) is 0 Å². The van der Waals surface area contributed by atoms with Crippen LogP contribution in [0.25, 0.3) is 0 Å². The Hall–Kier alpha value is -1.64. The van der Waals surface area contributed by atoms with Gasteiger partial charge in [-0.25, -0.2) is 0 Å². The van der Waals surface area contributed by atoms with Crippen LogP contribution in [0.5, 0.6) is 0 Å². The molecule has 10 rings (SSSR count). The van der Waals surface area contributed by atoms with Gasteiger partial charge in [-0.3, -0.25) is 0 Å². The zero-order valence-corrected chi connectivity index (χ0v) is 20.6. The number of rotatable bonds is 3.